The van der Waals surface area contributed by atoms with Crippen LogP contribution in [0.3, 0.4) is 0 Å². The van der Waals surface area contributed by atoms with Crippen LogP contribution >= 0.6 is 11.3 Å². The number of benzene rings is 2. The molecule has 0 radical (unpaired) electrons. The molecule has 2 aromatic carbocycles. The van der Waals surface area contributed by atoms with E-state index < -0.39 is 5.97 Å². The van der Waals surface area contributed by atoms with Crippen LogP contribution in [0.1, 0.15) is 26.5 Å². The summed E-state index contributed by atoms with van der Waals surface area (Å²) in [6.07, 6.45) is 2.19. The summed E-state index contributed by atoms with van der Waals surface area (Å²) >= 11 is 1.27. The standard InChI is InChI=1S/C21H18N6O3S/c1-30-20(29)19-17(11-14-5-3-2-4-6-14)31-21(24-19)23-18(28)12-15-7-9-16(10-8-15)27-13-22-25-26-27/h2-10,13H,11-12H2,1H3,(H,23,24,28). The van der Waals surface area contributed by atoms with Crippen LogP contribution in [0.5, 0.6) is 0 Å². The molecule has 4 aromatic rings. The number of hydrogen-bond donors (Lipinski definition) is 1. The van der Waals surface area contributed by atoms with Crippen molar-refractivity contribution in [1.29, 1.82) is 0 Å². The van der Waals surface area contributed by atoms with Gasteiger partial charge in [-0.25, -0.2) is 14.5 Å². The highest BCUT2D eigenvalue weighted by atomic mass is 32.1. The van der Waals surface area contributed by atoms with E-state index in [1.807, 2.05) is 54.6 Å². The zero-order valence-electron chi connectivity index (χ0n) is 16.6. The van der Waals surface area contributed by atoms with Gasteiger partial charge in [0.2, 0.25) is 5.91 Å². The maximum atomic E-state index is 12.5. The summed E-state index contributed by atoms with van der Waals surface area (Å²) in [7, 11) is 1.31. The highest BCUT2D eigenvalue weighted by molar-refractivity contribution is 7.16. The predicted octanol–water partition coefficient (Wildman–Crippen LogP) is 2.68. The molecule has 10 heteroatoms. The van der Waals surface area contributed by atoms with Crippen LogP contribution < -0.4 is 5.32 Å². The number of rotatable bonds is 7. The minimum Gasteiger partial charge on any atom is -0.464 e. The summed E-state index contributed by atoms with van der Waals surface area (Å²) in [5, 5.41) is 14.2. The minimum absolute atomic E-state index is 0.164. The molecule has 1 N–H and O–H groups in total. The van der Waals surface area contributed by atoms with E-state index in [9.17, 15) is 9.59 Å². The lowest BCUT2D eigenvalue weighted by Gasteiger charge is -2.04. The smallest absolute Gasteiger partial charge is 0.357 e. The fourth-order valence-corrected chi connectivity index (χ4v) is 3.96. The second kappa shape index (κ2) is 9.26. The zero-order chi connectivity index (χ0) is 21.6. The monoisotopic (exact) mass is 434 g/mol. The Morgan fingerprint density at radius 1 is 1.06 bits per heavy atom. The summed E-state index contributed by atoms with van der Waals surface area (Å²) in [6.45, 7) is 0. The Kier molecular flexibility index (Phi) is 6.08. The molecule has 156 valence electrons. The first kappa shape index (κ1) is 20.4. The summed E-state index contributed by atoms with van der Waals surface area (Å²) in [6, 6.07) is 17.1. The first-order valence-electron chi connectivity index (χ1n) is 9.36. The van der Waals surface area contributed by atoms with Crippen molar-refractivity contribution in [3.8, 4) is 5.69 Å². The van der Waals surface area contributed by atoms with Crippen LogP contribution in [-0.2, 0) is 22.4 Å². The van der Waals surface area contributed by atoms with E-state index in [4.69, 9.17) is 4.74 Å². The van der Waals surface area contributed by atoms with E-state index in [2.05, 4.69) is 25.8 Å². The number of esters is 1. The average Bonchev–Trinajstić information content (AvgIpc) is 3.45. The molecular weight excluding hydrogens is 416 g/mol. The van der Waals surface area contributed by atoms with Crippen LogP contribution in [0.2, 0.25) is 0 Å². The number of anilines is 1. The van der Waals surface area contributed by atoms with E-state index in [0.717, 1.165) is 21.7 Å². The van der Waals surface area contributed by atoms with Crippen molar-refractivity contribution in [2.45, 2.75) is 12.8 Å². The van der Waals surface area contributed by atoms with Crippen molar-refractivity contribution in [2.24, 2.45) is 0 Å². The van der Waals surface area contributed by atoms with Gasteiger partial charge in [-0.1, -0.05) is 42.5 Å². The van der Waals surface area contributed by atoms with Crippen molar-refractivity contribution >= 4 is 28.3 Å². The van der Waals surface area contributed by atoms with E-state index in [0.29, 0.717) is 11.6 Å². The topological polar surface area (TPSA) is 112 Å². The highest BCUT2D eigenvalue weighted by Crippen LogP contribution is 2.26. The molecule has 0 atom stereocenters. The number of ether oxygens (including phenoxy) is 1. The molecule has 0 bridgehead atoms. The van der Waals surface area contributed by atoms with Gasteiger partial charge in [0, 0.05) is 11.3 Å². The van der Waals surface area contributed by atoms with Gasteiger partial charge in [0.15, 0.2) is 10.8 Å². The normalized spacial score (nSPS) is 10.6. The van der Waals surface area contributed by atoms with Gasteiger partial charge in [-0.05, 0) is 33.7 Å². The lowest BCUT2D eigenvalue weighted by molar-refractivity contribution is -0.115. The molecule has 2 heterocycles. The Hall–Kier alpha value is -3.92. The quantitative estimate of drug-likeness (QED) is 0.445. The maximum absolute atomic E-state index is 12.5. The second-order valence-corrected chi connectivity index (χ2v) is 7.67. The molecule has 0 saturated carbocycles. The lowest BCUT2D eigenvalue weighted by Crippen LogP contribution is -2.14. The van der Waals surface area contributed by atoms with Crippen LogP contribution in [0.4, 0.5) is 5.13 Å². The van der Waals surface area contributed by atoms with Crippen LogP contribution in [0, 0.1) is 0 Å². The molecule has 0 unspecified atom stereocenters. The minimum atomic E-state index is -0.527. The van der Waals surface area contributed by atoms with Crippen molar-refractivity contribution in [3.63, 3.8) is 0 Å². The summed E-state index contributed by atoms with van der Waals surface area (Å²) < 4.78 is 6.38. The van der Waals surface area contributed by atoms with Crippen molar-refractivity contribution in [1.82, 2.24) is 25.2 Å². The first-order chi connectivity index (χ1) is 15.1. The van der Waals surface area contributed by atoms with Gasteiger partial charge in [-0.15, -0.1) is 16.4 Å². The highest BCUT2D eigenvalue weighted by Gasteiger charge is 2.20. The van der Waals surface area contributed by atoms with Gasteiger partial charge < -0.3 is 10.1 Å². The molecule has 1 amide bonds. The third-order valence-corrected chi connectivity index (χ3v) is 5.42. The van der Waals surface area contributed by atoms with Crippen molar-refractivity contribution in [2.75, 3.05) is 12.4 Å². The fraction of sp³-hybridized carbons (Fsp3) is 0.143. The number of hydrogen-bond acceptors (Lipinski definition) is 8. The molecule has 31 heavy (non-hydrogen) atoms. The van der Waals surface area contributed by atoms with E-state index >= 15 is 0 Å². The molecular formula is C21H18N6O3S. The Morgan fingerprint density at radius 3 is 2.52 bits per heavy atom. The molecule has 0 spiro atoms. The molecule has 0 aliphatic heterocycles. The van der Waals surface area contributed by atoms with E-state index in [1.54, 1.807) is 0 Å². The number of amides is 1. The molecule has 0 fully saturated rings. The summed E-state index contributed by atoms with van der Waals surface area (Å²) in [5.74, 6) is -0.757. The van der Waals surface area contributed by atoms with Crippen LogP contribution in [-0.4, -0.2) is 44.2 Å². The van der Waals surface area contributed by atoms with E-state index in [-0.39, 0.29) is 18.0 Å². The first-order valence-corrected chi connectivity index (χ1v) is 10.2. The SMILES string of the molecule is COC(=O)c1nc(NC(=O)Cc2ccc(-n3cnnn3)cc2)sc1Cc1ccccc1. The number of carbonyl (C=O) groups excluding carboxylic acids is 2. The summed E-state index contributed by atoms with van der Waals surface area (Å²) in [5.41, 5.74) is 2.88. The maximum Gasteiger partial charge on any atom is 0.357 e. The fourth-order valence-electron chi connectivity index (χ4n) is 2.96. The molecule has 0 aliphatic carbocycles. The number of aromatic nitrogens is 5. The van der Waals surface area contributed by atoms with E-state index in [1.165, 1.54) is 29.5 Å². The number of thiazole rings is 1. The Balaban J connectivity index is 1.45. The third-order valence-electron chi connectivity index (χ3n) is 4.44. The molecule has 4 rings (SSSR count). The number of tetrazole rings is 1. The number of methoxy groups -OCH3 is 1. The number of carbonyl (C=O) groups is 2. The summed E-state index contributed by atoms with van der Waals surface area (Å²) in [4.78, 5) is 29.7. The Morgan fingerprint density at radius 2 is 1.84 bits per heavy atom. The number of nitrogens with zero attached hydrogens (tertiary/aromatic N) is 5. The van der Waals surface area contributed by atoms with Gasteiger partial charge in [0.1, 0.15) is 6.33 Å². The molecule has 9 nitrogen and oxygen atoms in total. The second-order valence-electron chi connectivity index (χ2n) is 6.59. The van der Waals surface area contributed by atoms with Gasteiger partial charge in [0.25, 0.3) is 0 Å². The lowest BCUT2D eigenvalue weighted by atomic mass is 10.1. The zero-order valence-corrected chi connectivity index (χ0v) is 17.4. The number of nitrogens with one attached hydrogen (secondary N) is 1. The average molecular weight is 434 g/mol. The largest absolute Gasteiger partial charge is 0.464 e. The Bertz CT molecular complexity index is 1170. The van der Waals surface area contributed by atoms with Gasteiger partial charge in [0.05, 0.1) is 19.2 Å². The van der Waals surface area contributed by atoms with Crippen molar-refractivity contribution in [3.05, 3.63) is 82.6 Å². The molecule has 0 aliphatic rings. The van der Waals surface area contributed by atoms with Crippen molar-refractivity contribution < 1.29 is 14.3 Å². The van der Waals surface area contributed by atoms with Gasteiger partial charge >= 0.3 is 5.97 Å². The van der Waals surface area contributed by atoms with Gasteiger partial charge in [-0.3, -0.25) is 4.79 Å². The van der Waals surface area contributed by atoms with Crippen LogP contribution in [0.25, 0.3) is 5.69 Å². The van der Waals surface area contributed by atoms with Gasteiger partial charge in [-0.2, -0.15) is 0 Å². The molecule has 0 saturated heterocycles. The molecule has 2 aromatic heterocycles. The third kappa shape index (κ3) is 4.98. The van der Waals surface area contributed by atoms with Crippen LogP contribution in [0.15, 0.2) is 60.9 Å². The predicted molar refractivity (Wildman–Crippen MR) is 114 cm³/mol. The Labute approximate surface area is 181 Å².